The van der Waals surface area contributed by atoms with E-state index in [2.05, 4.69) is 4.98 Å². The van der Waals surface area contributed by atoms with Crippen LogP contribution in [0.15, 0.2) is 36.8 Å². The lowest BCUT2D eigenvalue weighted by Crippen LogP contribution is -2.31. The van der Waals surface area contributed by atoms with Crippen LogP contribution in [0.2, 0.25) is 0 Å². The molecule has 0 aliphatic carbocycles. The minimum atomic E-state index is -4.19. The van der Waals surface area contributed by atoms with Gasteiger partial charge in [0.1, 0.15) is 0 Å². The van der Waals surface area contributed by atoms with Gasteiger partial charge < -0.3 is 9.90 Å². The topological polar surface area (TPSA) is 118 Å². The number of nitrogens with zero attached hydrogens (tertiary/aromatic N) is 2. The van der Waals surface area contributed by atoms with Crippen LogP contribution in [-0.4, -0.2) is 23.3 Å². The van der Waals surface area contributed by atoms with Crippen molar-refractivity contribution in [3.8, 4) is 11.1 Å². The Morgan fingerprint density at radius 2 is 2.11 bits per heavy atom. The summed E-state index contributed by atoms with van der Waals surface area (Å²) in [5.41, 5.74) is 0.113. The molecule has 2 aromatic rings. The van der Waals surface area contributed by atoms with E-state index in [-0.39, 0.29) is 5.56 Å². The highest BCUT2D eigenvalue weighted by Crippen LogP contribution is 2.24. The van der Waals surface area contributed by atoms with Gasteiger partial charge in [-0.3, -0.25) is 4.98 Å². The summed E-state index contributed by atoms with van der Waals surface area (Å²) in [5.74, 6) is -1.63. The van der Waals surface area contributed by atoms with Crippen LogP contribution >= 0.6 is 0 Å². The van der Waals surface area contributed by atoms with E-state index in [9.17, 15) is 18.3 Å². The van der Waals surface area contributed by atoms with Crippen LogP contribution in [0, 0.1) is 0 Å². The molecule has 2 aromatic heterocycles. The summed E-state index contributed by atoms with van der Waals surface area (Å²) >= 11 is 0. The Balaban J connectivity index is 2.72. The molecule has 2 heterocycles. The predicted molar refractivity (Wildman–Crippen MR) is 60.5 cm³/mol. The zero-order valence-electron chi connectivity index (χ0n) is 8.98. The Bertz CT molecular complexity index is 691. The van der Waals surface area contributed by atoms with E-state index in [0.29, 0.717) is 9.54 Å². The maximum Gasteiger partial charge on any atom is 0.302 e. The lowest BCUT2D eigenvalue weighted by molar-refractivity contribution is -0.255. The summed E-state index contributed by atoms with van der Waals surface area (Å²) in [7, 11) is -4.19. The van der Waals surface area contributed by atoms with Gasteiger partial charge in [0.2, 0.25) is 0 Å². The van der Waals surface area contributed by atoms with Crippen molar-refractivity contribution in [2.24, 2.45) is 5.14 Å². The molecule has 0 saturated carbocycles. The van der Waals surface area contributed by atoms with Gasteiger partial charge in [-0.15, -0.1) is 0 Å². The summed E-state index contributed by atoms with van der Waals surface area (Å²) in [6.07, 6.45) is 3.98. The van der Waals surface area contributed by atoms with Crippen LogP contribution in [0.1, 0.15) is 10.5 Å². The molecule has 8 heteroatoms. The van der Waals surface area contributed by atoms with E-state index < -0.39 is 21.9 Å². The molecular weight excluding hydrogens is 258 g/mol. The number of rotatable bonds is 3. The van der Waals surface area contributed by atoms with Crippen molar-refractivity contribution in [1.82, 2.24) is 8.96 Å². The zero-order chi connectivity index (χ0) is 13.3. The number of aromatic carboxylic acids is 1. The van der Waals surface area contributed by atoms with E-state index in [1.807, 2.05) is 0 Å². The van der Waals surface area contributed by atoms with Gasteiger partial charge in [-0.05, 0) is 12.1 Å². The third-order valence-electron chi connectivity index (χ3n) is 2.29. The fraction of sp³-hybridized carbons (Fsp3) is 0. The molecule has 0 aliphatic rings. The second-order valence-corrected chi connectivity index (χ2v) is 4.87. The summed E-state index contributed by atoms with van der Waals surface area (Å²) in [6, 6.07) is 4.53. The summed E-state index contributed by atoms with van der Waals surface area (Å²) in [6.45, 7) is 0. The Kier molecular flexibility index (Phi) is 2.89. The molecule has 2 N–H and O–H groups in total. The molecule has 18 heavy (non-hydrogen) atoms. The minimum absolute atomic E-state index is 0.178. The Morgan fingerprint density at radius 1 is 1.39 bits per heavy atom. The summed E-state index contributed by atoms with van der Waals surface area (Å²) < 4.78 is 22.9. The summed E-state index contributed by atoms with van der Waals surface area (Å²) in [5, 5.41) is 16.0. The molecule has 0 spiro atoms. The average Bonchev–Trinajstić information content (AvgIpc) is 2.74. The Labute approximate surface area is 103 Å². The maximum absolute atomic E-state index is 11.2. The van der Waals surface area contributed by atoms with Gasteiger partial charge in [0.15, 0.2) is 0 Å². The van der Waals surface area contributed by atoms with Gasteiger partial charge in [-0.2, -0.15) is 8.42 Å². The standard InChI is InChI=1S/C10H9N3O4S/c11-18(16,17)13-5-3-8(9(13)10(14)15)7-2-1-4-12-6-7/h1-6H,(H,14,15)(H2,11,16,17)/p-1. The molecule has 0 amide bonds. The first kappa shape index (κ1) is 12.3. The number of carbonyl (C=O) groups excluding carboxylic acids is 1. The lowest BCUT2D eigenvalue weighted by atomic mass is 10.1. The van der Waals surface area contributed by atoms with E-state index in [4.69, 9.17) is 5.14 Å². The van der Waals surface area contributed by atoms with Gasteiger partial charge in [0.05, 0.1) is 11.7 Å². The fourth-order valence-electron chi connectivity index (χ4n) is 1.58. The van der Waals surface area contributed by atoms with Crippen LogP contribution in [-0.2, 0) is 10.2 Å². The molecule has 7 nitrogen and oxygen atoms in total. The van der Waals surface area contributed by atoms with Crippen molar-refractivity contribution in [3.05, 3.63) is 42.5 Å². The van der Waals surface area contributed by atoms with Gasteiger partial charge in [-0.25, -0.2) is 9.11 Å². The number of hydrogen-bond donors (Lipinski definition) is 1. The number of pyridine rings is 1. The molecule has 0 unspecified atom stereocenters. The molecule has 0 aromatic carbocycles. The van der Waals surface area contributed by atoms with Crippen LogP contribution in [0.3, 0.4) is 0 Å². The predicted octanol–water partition coefficient (Wildman–Crippen LogP) is -1.03. The molecule has 0 atom stereocenters. The molecular formula is C10H8N3O4S-. The number of carboxylic acids is 1. The van der Waals surface area contributed by atoms with Gasteiger partial charge >= 0.3 is 10.2 Å². The smallest absolute Gasteiger partial charge is 0.302 e. The van der Waals surface area contributed by atoms with Crippen molar-refractivity contribution in [2.45, 2.75) is 0 Å². The first-order valence-corrected chi connectivity index (χ1v) is 6.28. The highest BCUT2D eigenvalue weighted by molar-refractivity contribution is 7.87. The molecule has 2 rings (SSSR count). The van der Waals surface area contributed by atoms with E-state index in [0.717, 1.165) is 6.20 Å². The Morgan fingerprint density at radius 3 is 2.61 bits per heavy atom. The van der Waals surface area contributed by atoms with Crippen LogP contribution in [0.5, 0.6) is 0 Å². The van der Waals surface area contributed by atoms with E-state index >= 15 is 0 Å². The third kappa shape index (κ3) is 2.11. The zero-order valence-corrected chi connectivity index (χ0v) is 9.79. The second-order valence-electron chi connectivity index (χ2n) is 3.45. The normalized spacial score (nSPS) is 11.4. The van der Waals surface area contributed by atoms with Crippen molar-refractivity contribution in [2.75, 3.05) is 0 Å². The second kappa shape index (κ2) is 4.24. The highest BCUT2D eigenvalue weighted by atomic mass is 32.2. The van der Waals surface area contributed by atoms with Gasteiger partial charge in [-0.1, -0.05) is 6.07 Å². The third-order valence-corrected chi connectivity index (χ3v) is 3.14. The average molecular weight is 266 g/mol. The highest BCUT2D eigenvalue weighted by Gasteiger charge is 2.18. The molecule has 0 fully saturated rings. The van der Waals surface area contributed by atoms with Crippen molar-refractivity contribution in [3.63, 3.8) is 0 Å². The molecule has 94 valence electrons. The fourth-order valence-corrected chi connectivity index (χ4v) is 2.24. The number of carbonyl (C=O) groups is 1. The van der Waals surface area contributed by atoms with Gasteiger partial charge in [0.25, 0.3) is 0 Å². The van der Waals surface area contributed by atoms with Crippen LogP contribution in [0.4, 0.5) is 0 Å². The first-order valence-electron chi connectivity index (χ1n) is 4.77. The maximum atomic E-state index is 11.2. The van der Waals surface area contributed by atoms with Gasteiger partial charge in [0, 0.05) is 29.7 Å². The molecule has 0 aliphatic heterocycles. The Hall–Kier alpha value is -2.19. The number of nitrogens with two attached hydrogens (primary N) is 1. The quantitative estimate of drug-likeness (QED) is 0.761. The van der Waals surface area contributed by atoms with Crippen molar-refractivity contribution in [1.29, 1.82) is 0 Å². The number of carboxylic acid groups (broad SMARTS) is 1. The van der Waals surface area contributed by atoms with Crippen molar-refractivity contribution < 1.29 is 18.3 Å². The van der Waals surface area contributed by atoms with Crippen LogP contribution in [0.25, 0.3) is 11.1 Å². The first-order chi connectivity index (χ1) is 8.41. The molecule has 0 radical (unpaired) electrons. The number of aromatic nitrogens is 2. The monoisotopic (exact) mass is 266 g/mol. The van der Waals surface area contributed by atoms with Crippen LogP contribution < -0.4 is 10.2 Å². The summed E-state index contributed by atoms with van der Waals surface area (Å²) in [4.78, 5) is 14.9. The van der Waals surface area contributed by atoms with E-state index in [1.54, 1.807) is 12.1 Å². The molecule has 0 saturated heterocycles. The van der Waals surface area contributed by atoms with Crippen molar-refractivity contribution >= 4 is 16.2 Å². The van der Waals surface area contributed by atoms with E-state index in [1.165, 1.54) is 18.5 Å². The SMILES string of the molecule is NS(=O)(=O)n1ccc(-c2cccnc2)c1C(=O)[O-]. The largest absolute Gasteiger partial charge is 0.543 e. The number of hydrogen-bond acceptors (Lipinski definition) is 5. The molecule has 0 bridgehead atoms. The lowest BCUT2D eigenvalue weighted by Gasteiger charge is -2.10. The minimum Gasteiger partial charge on any atom is -0.543 e.